The molecule has 0 spiro atoms. The lowest BCUT2D eigenvalue weighted by Crippen LogP contribution is -2.31. The zero-order valence-electron chi connectivity index (χ0n) is 11.7. The van der Waals surface area contributed by atoms with Gasteiger partial charge in [-0.05, 0) is 19.8 Å². The summed E-state index contributed by atoms with van der Waals surface area (Å²) in [6, 6.07) is 0.318. The van der Waals surface area contributed by atoms with Gasteiger partial charge in [0.2, 0.25) is 10.9 Å². The molecule has 1 saturated carbocycles. The van der Waals surface area contributed by atoms with Gasteiger partial charge in [-0.25, -0.2) is 9.78 Å². The monoisotopic (exact) mass is 311 g/mol. The molecule has 2 rings (SSSR count). The van der Waals surface area contributed by atoms with Crippen LogP contribution in [0.4, 0.5) is 0 Å². The predicted molar refractivity (Wildman–Crippen MR) is 76.2 cm³/mol. The van der Waals surface area contributed by atoms with Gasteiger partial charge in [-0.15, -0.1) is 11.3 Å². The number of carbonyl (C=O) groups excluding carboxylic acids is 3. The predicted octanol–water partition coefficient (Wildman–Crippen LogP) is 0.718. The molecular weight excluding hydrogens is 294 g/mol. The molecule has 1 heterocycles. The molecule has 0 aromatic carbocycles. The molecule has 1 aromatic heterocycles. The molecule has 1 aromatic rings. The zero-order valence-corrected chi connectivity index (χ0v) is 12.5. The van der Waals surface area contributed by atoms with Gasteiger partial charge >= 0.3 is 5.97 Å². The summed E-state index contributed by atoms with van der Waals surface area (Å²) >= 11 is 1.06. The highest BCUT2D eigenvalue weighted by molar-refractivity contribution is 7.11. The third-order valence-electron chi connectivity index (χ3n) is 2.77. The van der Waals surface area contributed by atoms with Crippen molar-refractivity contribution in [3.05, 3.63) is 16.1 Å². The Morgan fingerprint density at radius 3 is 2.86 bits per heavy atom. The van der Waals surface area contributed by atoms with Gasteiger partial charge in [0.1, 0.15) is 5.69 Å². The molecule has 1 aliphatic carbocycles. The summed E-state index contributed by atoms with van der Waals surface area (Å²) < 4.78 is 4.80. The van der Waals surface area contributed by atoms with E-state index in [-0.39, 0.29) is 36.2 Å². The molecule has 0 radical (unpaired) electrons. The van der Waals surface area contributed by atoms with E-state index in [0.29, 0.717) is 6.04 Å². The molecule has 7 nitrogen and oxygen atoms in total. The van der Waals surface area contributed by atoms with Crippen molar-refractivity contribution >= 4 is 29.1 Å². The van der Waals surface area contributed by atoms with Crippen LogP contribution < -0.4 is 10.6 Å². The molecule has 0 aliphatic heterocycles. The maximum absolute atomic E-state index is 11.8. The van der Waals surface area contributed by atoms with Crippen LogP contribution in [0.5, 0.6) is 0 Å². The third-order valence-corrected chi connectivity index (χ3v) is 3.59. The Morgan fingerprint density at radius 1 is 1.43 bits per heavy atom. The largest absolute Gasteiger partial charge is 0.461 e. The first-order chi connectivity index (χ1) is 10.1. The molecule has 0 saturated heterocycles. The van der Waals surface area contributed by atoms with Crippen LogP contribution in [0.15, 0.2) is 5.38 Å². The second-order valence-corrected chi connectivity index (χ2v) is 5.46. The maximum atomic E-state index is 11.8. The average molecular weight is 311 g/mol. The number of thiazole rings is 1. The Bertz CT molecular complexity index is 539. The number of nitrogens with zero attached hydrogens (tertiary/aromatic N) is 1. The van der Waals surface area contributed by atoms with Gasteiger partial charge < -0.3 is 15.4 Å². The number of hydrogen-bond donors (Lipinski definition) is 2. The number of nitrogens with one attached hydrogen (secondary N) is 2. The number of ether oxygens (including phenoxy) is 1. The van der Waals surface area contributed by atoms with Gasteiger partial charge in [0, 0.05) is 24.4 Å². The molecule has 0 unspecified atom stereocenters. The van der Waals surface area contributed by atoms with E-state index >= 15 is 0 Å². The van der Waals surface area contributed by atoms with Gasteiger partial charge in [0.05, 0.1) is 6.61 Å². The van der Waals surface area contributed by atoms with Crippen LogP contribution in [0.1, 0.15) is 46.5 Å². The molecule has 0 bridgehead atoms. The minimum absolute atomic E-state index is 0.0664. The molecule has 1 aliphatic rings. The number of esters is 1. The van der Waals surface area contributed by atoms with Crippen molar-refractivity contribution in [1.29, 1.82) is 0 Å². The van der Waals surface area contributed by atoms with Crippen LogP contribution in [0.25, 0.3) is 0 Å². The third kappa shape index (κ3) is 4.82. The number of rotatable bonds is 7. The highest BCUT2D eigenvalue weighted by Gasteiger charge is 2.23. The van der Waals surface area contributed by atoms with E-state index < -0.39 is 11.9 Å². The van der Waals surface area contributed by atoms with Crippen molar-refractivity contribution in [1.82, 2.24) is 15.6 Å². The fourth-order valence-corrected chi connectivity index (χ4v) is 2.26. The molecule has 2 N–H and O–H groups in total. The number of aromatic nitrogens is 1. The van der Waals surface area contributed by atoms with E-state index in [1.807, 2.05) is 0 Å². The van der Waals surface area contributed by atoms with Crippen molar-refractivity contribution in [2.24, 2.45) is 0 Å². The van der Waals surface area contributed by atoms with Crippen LogP contribution in [0.2, 0.25) is 0 Å². The van der Waals surface area contributed by atoms with E-state index in [9.17, 15) is 14.4 Å². The lowest BCUT2D eigenvalue weighted by atomic mass is 10.3. The molecule has 114 valence electrons. The van der Waals surface area contributed by atoms with Crippen molar-refractivity contribution in [2.75, 3.05) is 13.2 Å². The summed E-state index contributed by atoms with van der Waals surface area (Å²) in [4.78, 5) is 38.6. The topological polar surface area (TPSA) is 97.4 Å². The highest BCUT2D eigenvalue weighted by Crippen LogP contribution is 2.18. The minimum atomic E-state index is -0.537. The van der Waals surface area contributed by atoms with Crippen molar-refractivity contribution < 1.29 is 19.1 Å². The standard InChI is InChI=1S/C13H17N3O4S/c1-2-20-13(19)12-16-9(7-21-12)11(18)14-6-5-10(17)15-8-3-4-8/h7-8H,2-6H2,1H3,(H,14,18)(H,15,17). The van der Waals surface area contributed by atoms with Crippen molar-refractivity contribution in [3.8, 4) is 0 Å². The van der Waals surface area contributed by atoms with E-state index in [2.05, 4.69) is 15.6 Å². The minimum Gasteiger partial charge on any atom is -0.461 e. The summed E-state index contributed by atoms with van der Waals surface area (Å²) in [6.07, 6.45) is 2.30. The van der Waals surface area contributed by atoms with Gasteiger partial charge in [0.15, 0.2) is 0 Å². The summed E-state index contributed by atoms with van der Waals surface area (Å²) in [5.41, 5.74) is 0.158. The van der Waals surface area contributed by atoms with Crippen LogP contribution in [0, 0.1) is 0 Å². The zero-order chi connectivity index (χ0) is 15.2. The van der Waals surface area contributed by atoms with Crippen LogP contribution >= 0.6 is 11.3 Å². The molecule has 0 atom stereocenters. The van der Waals surface area contributed by atoms with E-state index in [1.54, 1.807) is 6.92 Å². The lowest BCUT2D eigenvalue weighted by molar-refractivity contribution is -0.121. The number of amides is 2. The van der Waals surface area contributed by atoms with Gasteiger partial charge in [-0.2, -0.15) is 0 Å². The van der Waals surface area contributed by atoms with E-state index in [4.69, 9.17) is 4.74 Å². The Kier molecular flexibility index (Phi) is 5.26. The van der Waals surface area contributed by atoms with Gasteiger partial charge in [-0.3, -0.25) is 9.59 Å². The summed E-state index contributed by atoms with van der Waals surface area (Å²) in [5, 5.41) is 7.07. The molecule has 1 fully saturated rings. The average Bonchev–Trinajstić information content (AvgIpc) is 3.11. The first-order valence-corrected chi connectivity index (χ1v) is 7.68. The SMILES string of the molecule is CCOC(=O)c1nc(C(=O)NCCC(=O)NC2CC2)cs1. The maximum Gasteiger partial charge on any atom is 0.367 e. The second kappa shape index (κ2) is 7.16. The molecule has 8 heteroatoms. The van der Waals surface area contributed by atoms with Gasteiger partial charge in [0.25, 0.3) is 5.91 Å². The summed E-state index contributed by atoms with van der Waals surface area (Å²) in [7, 11) is 0. The van der Waals surface area contributed by atoms with E-state index in [1.165, 1.54) is 5.38 Å². The molecule has 21 heavy (non-hydrogen) atoms. The fraction of sp³-hybridized carbons (Fsp3) is 0.538. The quantitative estimate of drug-likeness (QED) is 0.723. The van der Waals surface area contributed by atoms with Crippen molar-refractivity contribution in [2.45, 2.75) is 32.2 Å². The van der Waals surface area contributed by atoms with E-state index in [0.717, 1.165) is 24.2 Å². The Balaban J connectivity index is 1.74. The first kappa shape index (κ1) is 15.4. The van der Waals surface area contributed by atoms with Crippen molar-refractivity contribution in [3.63, 3.8) is 0 Å². The Hall–Kier alpha value is -1.96. The Labute approximate surface area is 126 Å². The normalized spacial score (nSPS) is 13.6. The molecular formula is C13H17N3O4S. The number of carbonyl (C=O) groups is 3. The number of hydrogen-bond acceptors (Lipinski definition) is 6. The summed E-state index contributed by atoms with van der Waals surface area (Å²) in [6.45, 7) is 2.20. The smallest absolute Gasteiger partial charge is 0.367 e. The fourth-order valence-electron chi connectivity index (χ4n) is 1.57. The lowest BCUT2D eigenvalue weighted by Gasteiger charge is -2.04. The van der Waals surface area contributed by atoms with Gasteiger partial charge in [-0.1, -0.05) is 0 Å². The van der Waals surface area contributed by atoms with Crippen LogP contribution in [-0.4, -0.2) is 42.0 Å². The first-order valence-electron chi connectivity index (χ1n) is 6.80. The highest BCUT2D eigenvalue weighted by atomic mass is 32.1. The Morgan fingerprint density at radius 2 is 2.19 bits per heavy atom. The van der Waals surface area contributed by atoms with Crippen LogP contribution in [0.3, 0.4) is 0 Å². The van der Waals surface area contributed by atoms with Crippen LogP contribution in [-0.2, 0) is 9.53 Å². The molecule has 2 amide bonds. The summed E-state index contributed by atoms with van der Waals surface area (Å²) in [5.74, 6) is -1.00. The second-order valence-electron chi connectivity index (χ2n) is 4.61.